The first-order chi connectivity index (χ1) is 7.04. The fourth-order valence-corrected chi connectivity index (χ4v) is 1.39. The van der Waals surface area contributed by atoms with Crippen LogP contribution in [0.1, 0.15) is 12.5 Å². The summed E-state index contributed by atoms with van der Waals surface area (Å²) in [6.45, 7) is 4.54. The second kappa shape index (κ2) is 4.93. The van der Waals surface area contributed by atoms with Gasteiger partial charge in [0.05, 0.1) is 6.54 Å². The number of hydrogen-bond donors (Lipinski definition) is 1. The van der Waals surface area contributed by atoms with Gasteiger partial charge in [0.1, 0.15) is 5.82 Å². The van der Waals surface area contributed by atoms with Crippen molar-refractivity contribution in [2.45, 2.75) is 13.8 Å². The van der Waals surface area contributed by atoms with Crippen LogP contribution >= 0.6 is 11.6 Å². The number of nitrogens with two attached hydrogens (primary N) is 1. The average molecular weight is 229 g/mol. The lowest BCUT2D eigenvalue weighted by molar-refractivity contribution is -0.116. The summed E-state index contributed by atoms with van der Waals surface area (Å²) in [4.78, 5) is 20.5. The molecular formula is C9H13ClN4O. The van der Waals surface area contributed by atoms with Crippen LogP contribution in [0.5, 0.6) is 0 Å². The van der Waals surface area contributed by atoms with Crippen LogP contribution in [0.15, 0.2) is 6.20 Å². The van der Waals surface area contributed by atoms with Crippen LogP contribution in [0.2, 0.25) is 5.28 Å². The van der Waals surface area contributed by atoms with Gasteiger partial charge in [-0.2, -0.15) is 0 Å². The third kappa shape index (κ3) is 3.06. The Labute approximate surface area is 93.3 Å². The van der Waals surface area contributed by atoms with Crippen LogP contribution in [-0.4, -0.2) is 29.0 Å². The van der Waals surface area contributed by atoms with Crippen LogP contribution in [0.25, 0.3) is 0 Å². The number of carbonyl (C=O) groups is 1. The molecule has 0 aliphatic heterocycles. The van der Waals surface area contributed by atoms with E-state index in [1.165, 1.54) is 0 Å². The Hall–Kier alpha value is -1.36. The highest BCUT2D eigenvalue weighted by atomic mass is 35.5. The van der Waals surface area contributed by atoms with Crippen LogP contribution in [-0.2, 0) is 4.79 Å². The minimum absolute atomic E-state index is 0.130. The van der Waals surface area contributed by atoms with E-state index in [1.807, 2.05) is 13.8 Å². The van der Waals surface area contributed by atoms with Crippen molar-refractivity contribution < 1.29 is 4.79 Å². The molecule has 1 aromatic rings. The average Bonchev–Trinajstić information content (AvgIpc) is 2.18. The molecule has 15 heavy (non-hydrogen) atoms. The number of carbonyl (C=O) groups excluding carboxylic acids is 1. The number of hydrogen-bond acceptors (Lipinski definition) is 4. The largest absolute Gasteiger partial charge is 0.368 e. The zero-order chi connectivity index (χ0) is 11.4. The molecule has 1 aromatic heterocycles. The molecule has 0 fully saturated rings. The van der Waals surface area contributed by atoms with Crippen molar-refractivity contribution in [2.75, 3.05) is 18.0 Å². The van der Waals surface area contributed by atoms with Crippen molar-refractivity contribution in [3.63, 3.8) is 0 Å². The normalized spacial score (nSPS) is 10.1. The molecular weight excluding hydrogens is 216 g/mol. The maximum absolute atomic E-state index is 10.8. The maximum atomic E-state index is 10.8. The van der Waals surface area contributed by atoms with E-state index in [1.54, 1.807) is 11.1 Å². The molecule has 1 rings (SSSR count). The standard InChI is InChI=1S/C9H13ClN4O/c1-3-14(5-7(11)15)8-6(2)4-12-9(10)13-8/h4H,3,5H2,1-2H3,(H2,11,15). The summed E-state index contributed by atoms with van der Waals surface area (Å²) >= 11 is 5.69. The van der Waals surface area contributed by atoms with Gasteiger partial charge in [0.25, 0.3) is 0 Å². The third-order valence-electron chi connectivity index (χ3n) is 1.94. The zero-order valence-corrected chi connectivity index (χ0v) is 9.45. The van der Waals surface area contributed by atoms with E-state index in [-0.39, 0.29) is 11.8 Å². The summed E-state index contributed by atoms with van der Waals surface area (Å²) < 4.78 is 0. The van der Waals surface area contributed by atoms with Crippen LogP contribution in [0.4, 0.5) is 5.82 Å². The molecule has 0 saturated heterocycles. The highest BCUT2D eigenvalue weighted by Gasteiger charge is 2.12. The molecule has 82 valence electrons. The van der Waals surface area contributed by atoms with Gasteiger partial charge >= 0.3 is 0 Å². The van der Waals surface area contributed by atoms with Gasteiger partial charge in [-0.1, -0.05) is 0 Å². The molecule has 0 atom stereocenters. The van der Waals surface area contributed by atoms with Crippen molar-refractivity contribution >= 4 is 23.3 Å². The smallest absolute Gasteiger partial charge is 0.236 e. The van der Waals surface area contributed by atoms with Crippen LogP contribution in [0, 0.1) is 6.92 Å². The molecule has 6 heteroatoms. The van der Waals surface area contributed by atoms with Gasteiger partial charge in [-0.25, -0.2) is 9.97 Å². The van der Waals surface area contributed by atoms with E-state index in [0.29, 0.717) is 12.4 Å². The summed E-state index contributed by atoms with van der Waals surface area (Å²) in [5, 5.41) is 0.165. The van der Waals surface area contributed by atoms with Crippen molar-refractivity contribution in [3.8, 4) is 0 Å². The van der Waals surface area contributed by atoms with Crippen molar-refractivity contribution in [2.24, 2.45) is 5.73 Å². The number of nitrogens with zero attached hydrogens (tertiary/aromatic N) is 3. The highest BCUT2D eigenvalue weighted by molar-refractivity contribution is 6.28. The Bertz CT molecular complexity index is 369. The lowest BCUT2D eigenvalue weighted by atomic mass is 10.3. The fraction of sp³-hybridized carbons (Fsp3) is 0.444. The summed E-state index contributed by atoms with van der Waals surface area (Å²) in [7, 11) is 0. The summed E-state index contributed by atoms with van der Waals surface area (Å²) in [6, 6.07) is 0. The molecule has 2 N–H and O–H groups in total. The summed E-state index contributed by atoms with van der Waals surface area (Å²) in [5.74, 6) is 0.252. The van der Waals surface area contributed by atoms with E-state index in [4.69, 9.17) is 17.3 Å². The van der Waals surface area contributed by atoms with Crippen molar-refractivity contribution in [3.05, 3.63) is 17.0 Å². The highest BCUT2D eigenvalue weighted by Crippen LogP contribution is 2.17. The van der Waals surface area contributed by atoms with E-state index >= 15 is 0 Å². The predicted molar refractivity (Wildman–Crippen MR) is 58.9 cm³/mol. The molecule has 1 amide bonds. The first-order valence-electron chi connectivity index (χ1n) is 4.57. The van der Waals surface area contributed by atoms with Gasteiger partial charge < -0.3 is 10.6 Å². The molecule has 5 nitrogen and oxygen atoms in total. The molecule has 0 saturated carbocycles. The van der Waals surface area contributed by atoms with Gasteiger partial charge in [0, 0.05) is 18.3 Å². The van der Waals surface area contributed by atoms with E-state index in [2.05, 4.69) is 9.97 Å². The van der Waals surface area contributed by atoms with E-state index in [9.17, 15) is 4.79 Å². The van der Waals surface area contributed by atoms with Gasteiger partial charge in [-0.05, 0) is 25.4 Å². The Morgan fingerprint density at radius 2 is 2.33 bits per heavy atom. The molecule has 0 unspecified atom stereocenters. The van der Waals surface area contributed by atoms with E-state index in [0.717, 1.165) is 5.56 Å². The third-order valence-corrected chi connectivity index (χ3v) is 2.13. The molecule has 0 aliphatic carbocycles. The number of primary amides is 1. The SMILES string of the molecule is CCN(CC(N)=O)c1nc(Cl)ncc1C. The second-order valence-electron chi connectivity index (χ2n) is 3.13. The number of likely N-dealkylation sites (N-methyl/N-ethyl adjacent to an activating group) is 1. The monoisotopic (exact) mass is 228 g/mol. The molecule has 0 aromatic carbocycles. The molecule has 0 bridgehead atoms. The number of anilines is 1. The van der Waals surface area contributed by atoms with Crippen LogP contribution < -0.4 is 10.6 Å². The van der Waals surface area contributed by atoms with Gasteiger partial charge in [-0.3, -0.25) is 4.79 Å². The lowest BCUT2D eigenvalue weighted by Gasteiger charge is -2.21. The topological polar surface area (TPSA) is 72.1 Å². The van der Waals surface area contributed by atoms with Crippen molar-refractivity contribution in [1.82, 2.24) is 9.97 Å². The fourth-order valence-electron chi connectivity index (χ4n) is 1.26. The summed E-state index contributed by atoms with van der Waals surface area (Å²) in [5.41, 5.74) is 6.00. The zero-order valence-electron chi connectivity index (χ0n) is 8.70. The van der Waals surface area contributed by atoms with Gasteiger partial charge in [-0.15, -0.1) is 0 Å². The minimum Gasteiger partial charge on any atom is -0.368 e. The first-order valence-corrected chi connectivity index (χ1v) is 4.94. The Balaban J connectivity index is 3.00. The Morgan fingerprint density at radius 3 is 2.87 bits per heavy atom. The Morgan fingerprint density at radius 1 is 1.67 bits per heavy atom. The number of amides is 1. The van der Waals surface area contributed by atoms with Crippen LogP contribution in [0.3, 0.4) is 0 Å². The second-order valence-corrected chi connectivity index (χ2v) is 3.46. The van der Waals surface area contributed by atoms with Gasteiger partial charge in [0.15, 0.2) is 0 Å². The lowest BCUT2D eigenvalue weighted by Crippen LogP contribution is -2.34. The number of rotatable bonds is 4. The molecule has 0 radical (unpaired) electrons. The number of halogens is 1. The minimum atomic E-state index is -0.397. The maximum Gasteiger partial charge on any atom is 0.236 e. The first kappa shape index (κ1) is 11.7. The van der Waals surface area contributed by atoms with Crippen molar-refractivity contribution in [1.29, 1.82) is 0 Å². The number of aryl methyl sites for hydroxylation is 1. The summed E-state index contributed by atoms with van der Waals surface area (Å²) in [6.07, 6.45) is 1.62. The Kier molecular flexibility index (Phi) is 3.85. The molecule has 0 spiro atoms. The number of aromatic nitrogens is 2. The van der Waals surface area contributed by atoms with E-state index < -0.39 is 5.91 Å². The van der Waals surface area contributed by atoms with Gasteiger partial charge in [0.2, 0.25) is 11.2 Å². The quantitative estimate of drug-likeness (QED) is 0.772. The predicted octanol–water partition coefficient (Wildman–Crippen LogP) is 0.750. The molecule has 1 heterocycles. The molecule has 0 aliphatic rings.